The lowest BCUT2D eigenvalue weighted by atomic mass is 9.87. The van der Waals surface area contributed by atoms with Crippen LogP contribution in [-0.4, -0.2) is 29.9 Å². The first-order chi connectivity index (χ1) is 15.5. The molecule has 0 aliphatic carbocycles. The van der Waals surface area contributed by atoms with Crippen LogP contribution >= 0.6 is 0 Å². The van der Waals surface area contributed by atoms with Crippen molar-refractivity contribution in [3.63, 3.8) is 0 Å². The van der Waals surface area contributed by atoms with Crippen LogP contribution in [0, 0.1) is 6.92 Å². The summed E-state index contributed by atoms with van der Waals surface area (Å²) in [6.45, 7) is 4.87. The minimum atomic E-state index is -0.225. The first-order valence-electron chi connectivity index (χ1n) is 11.0. The van der Waals surface area contributed by atoms with Crippen molar-refractivity contribution >= 4 is 11.8 Å². The summed E-state index contributed by atoms with van der Waals surface area (Å²) in [7, 11) is 0. The molecular formula is C26H28N2O4. The minimum Gasteiger partial charge on any atom is -0.484 e. The molecule has 1 aromatic heterocycles. The molecule has 2 aromatic carbocycles. The fourth-order valence-electron chi connectivity index (χ4n) is 4.06. The molecule has 1 aliphatic heterocycles. The van der Waals surface area contributed by atoms with Crippen LogP contribution in [0.1, 0.15) is 47.4 Å². The number of carbonyl (C=O) groups excluding carboxylic acids is 2. The second-order valence-corrected chi connectivity index (χ2v) is 8.01. The topological polar surface area (TPSA) is 71.8 Å². The number of hydrogen-bond donors (Lipinski definition) is 1. The number of carbonyl (C=O) groups is 2. The summed E-state index contributed by atoms with van der Waals surface area (Å²) < 4.78 is 11.0. The molecule has 32 heavy (non-hydrogen) atoms. The number of rotatable bonds is 7. The number of furan rings is 1. The van der Waals surface area contributed by atoms with Gasteiger partial charge in [-0.1, -0.05) is 42.8 Å². The highest BCUT2D eigenvalue weighted by molar-refractivity contribution is 5.78. The summed E-state index contributed by atoms with van der Waals surface area (Å²) >= 11 is 0. The summed E-state index contributed by atoms with van der Waals surface area (Å²) in [6.07, 6.45) is 2.83. The Bertz CT molecular complexity index is 1070. The number of benzene rings is 2. The van der Waals surface area contributed by atoms with Crippen molar-refractivity contribution in [1.82, 2.24) is 10.2 Å². The number of amides is 2. The number of fused-ring (bicyclic) bond motifs is 1. The zero-order chi connectivity index (χ0) is 22.5. The van der Waals surface area contributed by atoms with Crippen molar-refractivity contribution in [2.75, 3.05) is 13.2 Å². The molecule has 3 aromatic rings. The summed E-state index contributed by atoms with van der Waals surface area (Å²) in [4.78, 5) is 26.8. The molecule has 0 spiro atoms. The van der Waals surface area contributed by atoms with Gasteiger partial charge in [-0.15, -0.1) is 0 Å². The average molecular weight is 433 g/mol. The Hall–Kier alpha value is -3.54. The Morgan fingerprint density at radius 1 is 1.16 bits per heavy atom. The van der Waals surface area contributed by atoms with Gasteiger partial charge in [0.05, 0.1) is 18.8 Å². The van der Waals surface area contributed by atoms with E-state index in [1.165, 1.54) is 11.1 Å². The Morgan fingerprint density at radius 2 is 1.97 bits per heavy atom. The van der Waals surface area contributed by atoms with Gasteiger partial charge in [0.1, 0.15) is 11.5 Å². The number of nitrogens with zero attached hydrogens (tertiary/aromatic N) is 1. The zero-order valence-corrected chi connectivity index (χ0v) is 18.5. The van der Waals surface area contributed by atoms with Gasteiger partial charge in [0, 0.05) is 13.0 Å². The quantitative estimate of drug-likeness (QED) is 0.608. The number of nitrogens with one attached hydrogen (secondary N) is 1. The number of hydrogen-bond acceptors (Lipinski definition) is 4. The molecule has 1 aliphatic rings. The normalized spacial score (nSPS) is 15.2. The van der Waals surface area contributed by atoms with Gasteiger partial charge in [0.25, 0.3) is 5.91 Å². The Morgan fingerprint density at radius 3 is 2.69 bits per heavy atom. The van der Waals surface area contributed by atoms with Crippen molar-refractivity contribution in [2.24, 2.45) is 0 Å². The Balaban J connectivity index is 1.53. The number of ether oxygens (including phenoxy) is 1. The molecule has 0 bridgehead atoms. The fraction of sp³-hybridized carbons (Fsp3) is 0.308. The van der Waals surface area contributed by atoms with Gasteiger partial charge in [-0.05, 0) is 54.3 Å². The largest absolute Gasteiger partial charge is 0.484 e. The summed E-state index contributed by atoms with van der Waals surface area (Å²) in [5.41, 5.74) is 4.50. The van der Waals surface area contributed by atoms with Gasteiger partial charge in [-0.25, -0.2) is 0 Å². The SMILES string of the molecule is CCC(=O)N1CCc2ccc(OCC(=O)NCc3ccco3)cc2[C@H]1c1ccc(C)cc1. The third-order valence-electron chi connectivity index (χ3n) is 5.77. The van der Waals surface area contributed by atoms with E-state index in [1.807, 2.05) is 30.0 Å². The molecule has 0 fully saturated rings. The smallest absolute Gasteiger partial charge is 0.258 e. The predicted molar refractivity (Wildman–Crippen MR) is 121 cm³/mol. The molecule has 2 heterocycles. The van der Waals surface area contributed by atoms with Gasteiger partial charge in [0.15, 0.2) is 6.61 Å². The van der Waals surface area contributed by atoms with Crippen molar-refractivity contribution in [3.8, 4) is 5.75 Å². The number of aryl methyl sites for hydroxylation is 1. The van der Waals surface area contributed by atoms with Crippen LogP contribution in [-0.2, 0) is 22.6 Å². The molecule has 0 unspecified atom stereocenters. The van der Waals surface area contributed by atoms with E-state index in [0.29, 0.717) is 31.0 Å². The van der Waals surface area contributed by atoms with Crippen LogP contribution in [0.3, 0.4) is 0 Å². The molecule has 6 nitrogen and oxygen atoms in total. The molecule has 0 radical (unpaired) electrons. The van der Waals surface area contributed by atoms with Crippen LogP contribution < -0.4 is 10.1 Å². The van der Waals surface area contributed by atoms with Crippen LogP contribution in [0.4, 0.5) is 0 Å². The van der Waals surface area contributed by atoms with E-state index in [1.54, 1.807) is 18.4 Å². The minimum absolute atomic E-state index is 0.0910. The lowest BCUT2D eigenvalue weighted by Crippen LogP contribution is -2.40. The van der Waals surface area contributed by atoms with E-state index in [0.717, 1.165) is 17.5 Å². The van der Waals surface area contributed by atoms with Crippen molar-refractivity contribution < 1.29 is 18.7 Å². The van der Waals surface area contributed by atoms with Crippen LogP contribution in [0.25, 0.3) is 0 Å². The molecule has 4 rings (SSSR count). The Kier molecular flexibility index (Phi) is 6.59. The van der Waals surface area contributed by atoms with E-state index >= 15 is 0 Å². The molecular weight excluding hydrogens is 404 g/mol. The summed E-state index contributed by atoms with van der Waals surface area (Å²) in [6, 6.07) is 17.6. The predicted octanol–water partition coefficient (Wildman–Crippen LogP) is 4.17. The van der Waals surface area contributed by atoms with Gasteiger partial charge in [0.2, 0.25) is 5.91 Å². The lowest BCUT2D eigenvalue weighted by molar-refractivity contribution is -0.133. The van der Waals surface area contributed by atoms with Gasteiger partial charge >= 0.3 is 0 Å². The maximum Gasteiger partial charge on any atom is 0.258 e. The van der Waals surface area contributed by atoms with E-state index in [4.69, 9.17) is 9.15 Å². The first-order valence-corrected chi connectivity index (χ1v) is 11.0. The van der Waals surface area contributed by atoms with Gasteiger partial charge < -0.3 is 19.4 Å². The van der Waals surface area contributed by atoms with Crippen molar-refractivity contribution in [2.45, 2.75) is 39.3 Å². The third-order valence-corrected chi connectivity index (χ3v) is 5.77. The molecule has 2 amide bonds. The third kappa shape index (κ3) is 4.85. The molecule has 0 saturated heterocycles. The molecule has 0 saturated carbocycles. The highest BCUT2D eigenvalue weighted by Crippen LogP contribution is 2.37. The average Bonchev–Trinajstić information content (AvgIpc) is 3.34. The fourth-order valence-corrected chi connectivity index (χ4v) is 4.06. The summed E-state index contributed by atoms with van der Waals surface area (Å²) in [5.74, 6) is 1.20. The second kappa shape index (κ2) is 9.73. The molecule has 166 valence electrons. The maximum absolute atomic E-state index is 12.7. The molecule has 6 heteroatoms. The standard InChI is InChI=1S/C26H28N2O4/c1-3-25(30)28-13-12-19-10-11-21(32-17-24(29)27-16-22-5-4-14-31-22)15-23(19)26(28)20-8-6-18(2)7-9-20/h4-11,14-15,26H,3,12-13,16-17H2,1-2H3,(H,27,29)/t26-/m1/s1. The molecule has 1 atom stereocenters. The van der Waals surface area contributed by atoms with E-state index in [-0.39, 0.29) is 24.5 Å². The first kappa shape index (κ1) is 21.7. The van der Waals surface area contributed by atoms with E-state index < -0.39 is 0 Å². The second-order valence-electron chi connectivity index (χ2n) is 8.01. The van der Waals surface area contributed by atoms with Gasteiger partial charge in [-0.3, -0.25) is 9.59 Å². The summed E-state index contributed by atoms with van der Waals surface area (Å²) in [5, 5.41) is 2.78. The van der Waals surface area contributed by atoms with Crippen LogP contribution in [0.2, 0.25) is 0 Å². The zero-order valence-electron chi connectivity index (χ0n) is 18.5. The van der Waals surface area contributed by atoms with Crippen LogP contribution in [0.5, 0.6) is 5.75 Å². The monoisotopic (exact) mass is 432 g/mol. The van der Waals surface area contributed by atoms with Crippen molar-refractivity contribution in [1.29, 1.82) is 0 Å². The molecule has 1 N–H and O–H groups in total. The maximum atomic E-state index is 12.7. The van der Waals surface area contributed by atoms with Crippen LogP contribution in [0.15, 0.2) is 65.3 Å². The lowest BCUT2D eigenvalue weighted by Gasteiger charge is -2.38. The Labute approximate surface area is 188 Å². The van der Waals surface area contributed by atoms with Gasteiger partial charge in [-0.2, -0.15) is 0 Å². The van der Waals surface area contributed by atoms with E-state index in [2.05, 4.69) is 36.5 Å². The highest BCUT2D eigenvalue weighted by atomic mass is 16.5. The highest BCUT2D eigenvalue weighted by Gasteiger charge is 2.31. The van der Waals surface area contributed by atoms with Crippen molar-refractivity contribution in [3.05, 3.63) is 88.9 Å². The van der Waals surface area contributed by atoms with E-state index in [9.17, 15) is 9.59 Å².